The van der Waals surface area contributed by atoms with Gasteiger partial charge in [0.2, 0.25) is 5.91 Å². The summed E-state index contributed by atoms with van der Waals surface area (Å²) >= 11 is 0. The first-order chi connectivity index (χ1) is 16.2. The van der Waals surface area contributed by atoms with Gasteiger partial charge in [-0.2, -0.15) is 13.2 Å². The van der Waals surface area contributed by atoms with E-state index in [1.807, 2.05) is 29.3 Å². The number of amides is 1. The maximum atomic E-state index is 12.9. The molecule has 1 heterocycles. The second-order valence-corrected chi connectivity index (χ2v) is 8.43. The Morgan fingerprint density at radius 1 is 1.12 bits per heavy atom. The lowest BCUT2D eigenvalue weighted by molar-refractivity contribution is -0.157. The fourth-order valence-electron chi connectivity index (χ4n) is 4.06. The topological polar surface area (TPSA) is 70.1 Å². The number of hydrogen-bond acceptors (Lipinski definition) is 5. The van der Waals surface area contributed by atoms with Crippen LogP contribution in [0.2, 0.25) is 0 Å². The van der Waals surface area contributed by atoms with E-state index >= 15 is 0 Å². The van der Waals surface area contributed by atoms with Crippen molar-refractivity contribution in [1.29, 1.82) is 0 Å². The van der Waals surface area contributed by atoms with Gasteiger partial charge in [-0.1, -0.05) is 42.5 Å². The molecule has 1 fully saturated rings. The molecule has 0 spiro atoms. The summed E-state index contributed by atoms with van der Waals surface area (Å²) in [4.78, 5) is 24.1. The summed E-state index contributed by atoms with van der Waals surface area (Å²) in [5, 5.41) is 14.0. The smallest absolute Gasteiger partial charge is 0.416 e. The highest BCUT2D eigenvalue weighted by atomic mass is 19.4. The predicted molar refractivity (Wildman–Crippen MR) is 119 cm³/mol. The molecule has 2 aromatic carbocycles. The fraction of sp³-hybridized carbons (Fsp3) is 0.440. The number of carbonyl (C=O) groups is 2. The second-order valence-electron chi connectivity index (χ2n) is 8.43. The Bertz CT molecular complexity index is 996. The largest absolute Gasteiger partial charge is 0.469 e. The number of hydrazine groups is 1. The van der Waals surface area contributed by atoms with Crippen LogP contribution in [0.5, 0.6) is 0 Å². The number of alkyl halides is 3. The summed E-state index contributed by atoms with van der Waals surface area (Å²) in [6, 6.07) is 12.4. The van der Waals surface area contributed by atoms with Crippen LogP contribution in [0.25, 0.3) is 0 Å². The minimum absolute atomic E-state index is 0.0526. The maximum absolute atomic E-state index is 12.9. The van der Waals surface area contributed by atoms with E-state index in [4.69, 9.17) is 4.74 Å². The van der Waals surface area contributed by atoms with Crippen LogP contribution >= 0.6 is 0 Å². The van der Waals surface area contributed by atoms with Gasteiger partial charge in [-0.05, 0) is 42.0 Å². The molecule has 2 aromatic rings. The Balaban J connectivity index is 1.61. The van der Waals surface area contributed by atoms with Crippen LogP contribution in [0.15, 0.2) is 48.5 Å². The Morgan fingerprint density at radius 3 is 2.56 bits per heavy atom. The van der Waals surface area contributed by atoms with E-state index in [9.17, 15) is 27.9 Å². The summed E-state index contributed by atoms with van der Waals surface area (Å²) in [5.41, 5.74) is 1.40. The normalized spacial score (nSPS) is 15.9. The second kappa shape index (κ2) is 11.5. The predicted octanol–water partition coefficient (Wildman–Crippen LogP) is 3.75. The van der Waals surface area contributed by atoms with E-state index < -0.39 is 17.8 Å². The monoisotopic (exact) mass is 478 g/mol. The van der Waals surface area contributed by atoms with Crippen LogP contribution in [-0.4, -0.2) is 53.3 Å². The van der Waals surface area contributed by atoms with Gasteiger partial charge in [0.05, 0.1) is 25.2 Å². The minimum atomic E-state index is -4.43. The van der Waals surface area contributed by atoms with E-state index in [2.05, 4.69) is 0 Å². The van der Waals surface area contributed by atoms with Crippen molar-refractivity contribution >= 4 is 11.9 Å². The molecule has 1 aliphatic rings. The van der Waals surface area contributed by atoms with Crippen molar-refractivity contribution in [3.05, 3.63) is 70.8 Å². The number of hydrogen-bond donors (Lipinski definition) is 1. The quantitative estimate of drug-likeness (QED) is 0.556. The molecule has 1 unspecified atom stereocenters. The van der Waals surface area contributed by atoms with Crippen molar-refractivity contribution in [2.75, 3.05) is 20.2 Å². The lowest BCUT2D eigenvalue weighted by atomic mass is 10.0. The van der Waals surface area contributed by atoms with Crippen molar-refractivity contribution < 1.29 is 32.6 Å². The molecule has 1 atom stereocenters. The van der Waals surface area contributed by atoms with Crippen molar-refractivity contribution in [2.45, 2.75) is 50.9 Å². The summed E-state index contributed by atoms with van der Waals surface area (Å²) < 4.78 is 43.5. The SMILES string of the molecule is COC(=O)Cc1cccc(CN2CCCC(=O)N2CCC(O)Cc2cccc(C(F)(F)F)c2)c1. The van der Waals surface area contributed by atoms with Gasteiger partial charge in [0, 0.05) is 26.1 Å². The molecule has 0 aromatic heterocycles. The van der Waals surface area contributed by atoms with Gasteiger partial charge in [-0.25, -0.2) is 5.01 Å². The van der Waals surface area contributed by atoms with Crippen molar-refractivity contribution in [3.8, 4) is 0 Å². The molecular weight excluding hydrogens is 449 g/mol. The summed E-state index contributed by atoms with van der Waals surface area (Å²) in [7, 11) is 1.34. The molecule has 0 radical (unpaired) electrons. The number of ether oxygens (including phenoxy) is 1. The molecule has 1 amide bonds. The number of halogens is 3. The Hall–Kier alpha value is -2.91. The minimum Gasteiger partial charge on any atom is -0.469 e. The lowest BCUT2D eigenvalue weighted by Crippen LogP contribution is -2.50. The number of aliphatic hydroxyl groups is 1. The summed E-state index contributed by atoms with van der Waals surface area (Å²) in [5.74, 6) is -0.384. The molecule has 6 nitrogen and oxygen atoms in total. The van der Waals surface area contributed by atoms with Gasteiger partial charge in [0.15, 0.2) is 0 Å². The van der Waals surface area contributed by atoms with Gasteiger partial charge in [0.1, 0.15) is 0 Å². The molecule has 184 valence electrons. The van der Waals surface area contributed by atoms with Crippen molar-refractivity contribution in [3.63, 3.8) is 0 Å². The van der Waals surface area contributed by atoms with Crippen LogP contribution < -0.4 is 0 Å². The fourth-order valence-corrected chi connectivity index (χ4v) is 4.06. The molecule has 1 N–H and O–H groups in total. The van der Waals surface area contributed by atoms with Gasteiger partial charge < -0.3 is 9.84 Å². The number of benzene rings is 2. The van der Waals surface area contributed by atoms with Crippen LogP contribution in [0.1, 0.15) is 41.5 Å². The van der Waals surface area contributed by atoms with Crippen LogP contribution in [-0.2, 0) is 39.9 Å². The number of methoxy groups -OCH3 is 1. The molecule has 0 bridgehead atoms. The number of carbonyl (C=O) groups excluding carboxylic acids is 2. The van der Waals surface area contributed by atoms with E-state index in [1.54, 1.807) is 11.1 Å². The lowest BCUT2D eigenvalue weighted by Gasteiger charge is -2.39. The first-order valence-electron chi connectivity index (χ1n) is 11.2. The Morgan fingerprint density at radius 2 is 1.82 bits per heavy atom. The highest BCUT2D eigenvalue weighted by Crippen LogP contribution is 2.30. The molecule has 9 heteroatoms. The Kier molecular flexibility index (Phi) is 8.68. The highest BCUT2D eigenvalue weighted by molar-refractivity contribution is 5.76. The zero-order valence-corrected chi connectivity index (χ0v) is 19.1. The number of nitrogens with zero attached hydrogens (tertiary/aromatic N) is 2. The van der Waals surface area contributed by atoms with Gasteiger partial charge in [0.25, 0.3) is 0 Å². The number of esters is 1. The molecular formula is C25H29F3N2O4. The standard InChI is InChI=1S/C25H29F3N2O4/c1-34-24(33)16-18-5-2-7-20(13-18)17-29-11-4-9-23(32)30(29)12-10-22(31)15-19-6-3-8-21(14-19)25(26,27)28/h2-3,5-8,13-14,22,31H,4,9-12,15-17H2,1H3. The number of aliphatic hydroxyl groups excluding tert-OH is 1. The zero-order valence-electron chi connectivity index (χ0n) is 19.1. The molecule has 3 rings (SSSR count). The third-order valence-electron chi connectivity index (χ3n) is 5.77. The number of rotatable bonds is 9. The first-order valence-corrected chi connectivity index (χ1v) is 11.2. The average Bonchev–Trinajstić information content (AvgIpc) is 2.78. The third-order valence-corrected chi connectivity index (χ3v) is 5.77. The molecule has 0 aliphatic carbocycles. The molecule has 1 aliphatic heterocycles. The van der Waals surface area contributed by atoms with Crippen molar-refractivity contribution in [1.82, 2.24) is 10.0 Å². The highest BCUT2D eigenvalue weighted by Gasteiger charge is 2.31. The van der Waals surface area contributed by atoms with Crippen LogP contribution in [0.4, 0.5) is 13.2 Å². The zero-order chi connectivity index (χ0) is 24.7. The summed E-state index contributed by atoms with van der Waals surface area (Å²) in [6.07, 6.45) is -3.73. The van der Waals surface area contributed by atoms with E-state index in [1.165, 1.54) is 13.2 Å². The average molecular weight is 479 g/mol. The molecule has 34 heavy (non-hydrogen) atoms. The van der Waals surface area contributed by atoms with Gasteiger partial charge in [-0.15, -0.1) is 0 Å². The summed E-state index contributed by atoms with van der Waals surface area (Å²) in [6.45, 7) is 1.39. The molecule has 1 saturated heterocycles. The van der Waals surface area contributed by atoms with Crippen molar-refractivity contribution in [2.24, 2.45) is 0 Å². The third kappa shape index (κ3) is 7.30. The van der Waals surface area contributed by atoms with Gasteiger partial charge >= 0.3 is 12.1 Å². The van der Waals surface area contributed by atoms with Crippen LogP contribution in [0, 0.1) is 0 Å². The maximum Gasteiger partial charge on any atom is 0.416 e. The molecule has 0 saturated carbocycles. The van der Waals surface area contributed by atoms with Crippen LogP contribution in [0.3, 0.4) is 0 Å². The van der Waals surface area contributed by atoms with Gasteiger partial charge in [-0.3, -0.25) is 14.6 Å². The van der Waals surface area contributed by atoms with E-state index in [0.717, 1.165) is 23.3 Å². The first kappa shape index (κ1) is 25.7. The van der Waals surface area contributed by atoms with E-state index in [0.29, 0.717) is 31.5 Å². The Labute approximate surface area is 196 Å². The van der Waals surface area contributed by atoms with E-state index in [-0.39, 0.29) is 37.7 Å².